The first-order valence-corrected chi connectivity index (χ1v) is 7.46. The Kier molecular flexibility index (Phi) is 3.86. The molecule has 3 nitrogen and oxygen atoms in total. The Hall–Kier alpha value is -1.98. The number of thiocarbonyl (C=S) groups is 1. The Bertz CT molecular complexity index is 830. The van der Waals surface area contributed by atoms with Crippen molar-refractivity contribution in [2.24, 2.45) is 5.73 Å². The van der Waals surface area contributed by atoms with Gasteiger partial charge >= 0.3 is 0 Å². The van der Waals surface area contributed by atoms with E-state index in [1.54, 1.807) is 6.20 Å². The second-order valence-electron chi connectivity index (χ2n) is 4.44. The van der Waals surface area contributed by atoms with Gasteiger partial charge in [-0.05, 0) is 46.3 Å². The van der Waals surface area contributed by atoms with Gasteiger partial charge in [-0.25, -0.2) is 0 Å². The van der Waals surface area contributed by atoms with E-state index < -0.39 is 0 Å². The van der Waals surface area contributed by atoms with Gasteiger partial charge in [0, 0.05) is 21.6 Å². The Morgan fingerprint density at radius 3 is 2.71 bits per heavy atom. The molecule has 1 aromatic heterocycles. The van der Waals surface area contributed by atoms with Crippen LogP contribution in [0.15, 0.2) is 59.2 Å². The van der Waals surface area contributed by atoms with Gasteiger partial charge in [-0.2, -0.15) is 0 Å². The monoisotopic (exact) mass is 358 g/mol. The maximum atomic E-state index is 5.93. The van der Waals surface area contributed by atoms with E-state index in [-0.39, 0.29) is 0 Å². The van der Waals surface area contributed by atoms with Crippen molar-refractivity contribution in [1.82, 2.24) is 4.98 Å². The summed E-state index contributed by atoms with van der Waals surface area (Å²) in [5.74, 6) is 1.41. The largest absolute Gasteiger partial charge is 0.455 e. The lowest BCUT2D eigenvalue weighted by atomic mass is 10.2. The number of pyridine rings is 1. The van der Waals surface area contributed by atoms with Gasteiger partial charge in [0.1, 0.15) is 16.3 Å². The number of halogens is 1. The lowest BCUT2D eigenvalue weighted by Crippen LogP contribution is -2.09. The number of benzene rings is 2. The van der Waals surface area contributed by atoms with Crippen LogP contribution in [0.4, 0.5) is 0 Å². The minimum absolute atomic E-state index is 0.347. The van der Waals surface area contributed by atoms with Crippen LogP contribution < -0.4 is 10.5 Å². The van der Waals surface area contributed by atoms with Crippen LogP contribution in [-0.2, 0) is 0 Å². The van der Waals surface area contributed by atoms with E-state index in [0.29, 0.717) is 16.5 Å². The second-order valence-corrected chi connectivity index (χ2v) is 5.73. The van der Waals surface area contributed by atoms with Crippen molar-refractivity contribution in [3.63, 3.8) is 0 Å². The highest BCUT2D eigenvalue weighted by molar-refractivity contribution is 9.10. The molecule has 3 rings (SSSR count). The number of hydrogen-bond donors (Lipinski definition) is 1. The predicted octanol–water partition coefficient (Wildman–Crippen LogP) is 4.42. The van der Waals surface area contributed by atoms with Crippen molar-refractivity contribution >= 4 is 44.0 Å². The molecular formula is C16H11BrN2OS. The molecule has 0 amide bonds. The summed E-state index contributed by atoms with van der Waals surface area (Å²) in [4.78, 5) is 4.72. The van der Waals surface area contributed by atoms with Crippen molar-refractivity contribution in [2.45, 2.75) is 0 Å². The zero-order chi connectivity index (χ0) is 14.8. The zero-order valence-corrected chi connectivity index (χ0v) is 13.3. The van der Waals surface area contributed by atoms with Gasteiger partial charge in [0.2, 0.25) is 0 Å². The van der Waals surface area contributed by atoms with E-state index in [4.69, 9.17) is 22.7 Å². The molecule has 0 atom stereocenters. The number of nitrogens with zero attached hydrogens (tertiary/aromatic N) is 1. The van der Waals surface area contributed by atoms with E-state index in [9.17, 15) is 0 Å². The van der Waals surface area contributed by atoms with E-state index in [1.807, 2.05) is 48.5 Å². The van der Waals surface area contributed by atoms with E-state index in [1.165, 1.54) is 0 Å². The highest BCUT2D eigenvalue weighted by Gasteiger charge is 2.07. The van der Waals surface area contributed by atoms with Crippen LogP contribution in [-0.4, -0.2) is 9.97 Å². The van der Waals surface area contributed by atoms with Crippen LogP contribution >= 0.6 is 28.1 Å². The van der Waals surface area contributed by atoms with Gasteiger partial charge in [0.25, 0.3) is 0 Å². The molecule has 2 N–H and O–H groups in total. The van der Waals surface area contributed by atoms with Crippen LogP contribution in [0.1, 0.15) is 5.56 Å². The highest BCUT2D eigenvalue weighted by Crippen LogP contribution is 2.30. The molecule has 104 valence electrons. The van der Waals surface area contributed by atoms with Gasteiger partial charge in [-0.1, -0.05) is 30.4 Å². The maximum absolute atomic E-state index is 5.93. The van der Waals surface area contributed by atoms with Crippen molar-refractivity contribution < 1.29 is 4.74 Å². The quantitative estimate of drug-likeness (QED) is 0.703. The third-order valence-corrected chi connectivity index (χ3v) is 3.91. The molecule has 5 heteroatoms. The van der Waals surface area contributed by atoms with E-state index >= 15 is 0 Å². The van der Waals surface area contributed by atoms with Gasteiger partial charge in [0.15, 0.2) is 5.75 Å². The zero-order valence-electron chi connectivity index (χ0n) is 10.9. The SMILES string of the molecule is NC(=S)c1ccc(Oc2cccc3cccnc23)cc1Br. The van der Waals surface area contributed by atoms with Gasteiger partial charge in [0.05, 0.1) is 0 Å². The third kappa shape index (κ3) is 2.89. The standard InChI is InChI=1S/C16H11BrN2OS/c17-13-9-11(6-7-12(13)16(18)21)20-14-5-1-3-10-4-2-8-19-15(10)14/h1-9H,(H2,18,21). The molecule has 0 aliphatic rings. The first kappa shape index (κ1) is 14.0. The number of aromatic nitrogens is 1. The number of hydrogen-bond acceptors (Lipinski definition) is 3. The van der Waals surface area contributed by atoms with Gasteiger partial charge < -0.3 is 10.5 Å². The van der Waals surface area contributed by atoms with E-state index in [2.05, 4.69) is 20.9 Å². The van der Waals surface area contributed by atoms with Crippen molar-refractivity contribution in [2.75, 3.05) is 0 Å². The summed E-state index contributed by atoms with van der Waals surface area (Å²) >= 11 is 8.43. The molecule has 1 heterocycles. The normalized spacial score (nSPS) is 10.5. The predicted molar refractivity (Wildman–Crippen MR) is 91.8 cm³/mol. The molecule has 2 aromatic carbocycles. The van der Waals surface area contributed by atoms with E-state index in [0.717, 1.165) is 20.9 Å². The lowest BCUT2D eigenvalue weighted by Gasteiger charge is -2.10. The average molecular weight is 359 g/mol. The maximum Gasteiger partial charge on any atom is 0.153 e. The number of ether oxygens (including phenoxy) is 1. The molecule has 0 saturated carbocycles. The smallest absolute Gasteiger partial charge is 0.153 e. The van der Waals surface area contributed by atoms with Crippen LogP contribution in [0, 0.1) is 0 Å². The molecule has 3 aromatic rings. The molecule has 0 aliphatic carbocycles. The minimum atomic E-state index is 0.347. The Balaban J connectivity index is 1.99. The van der Waals surface area contributed by atoms with Gasteiger partial charge in [-0.3, -0.25) is 4.98 Å². The van der Waals surface area contributed by atoms with Crippen molar-refractivity contribution in [3.05, 3.63) is 64.8 Å². The lowest BCUT2D eigenvalue weighted by molar-refractivity contribution is 0.487. The minimum Gasteiger partial charge on any atom is -0.455 e. The highest BCUT2D eigenvalue weighted by atomic mass is 79.9. The molecule has 0 radical (unpaired) electrons. The topological polar surface area (TPSA) is 48.1 Å². The molecule has 0 fully saturated rings. The molecule has 0 bridgehead atoms. The Morgan fingerprint density at radius 1 is 1.14 bits per heavy atom. The fourth-order valence-corrected chi connectivity index (χ4v) is 2.93. The number of para-hydroxylation sites is 1. The molecule has 0 saturated heterocycles. The Morgan fingerprint density at radius 2 is 1.95 bits per heavy atom. The molecule has 0 spiro atoms. The van der Waals surface area contributed by atoms with Crippen LogP contribution in [0.5, 0.6) is 11.5 Å². The molecule has 0 aliphatic heterocycles. The molecule has 0 unspecified atom stereocenters. The summed E-state index contributed by atoms with van der Waals surface area (Å²) in [6.45, 7) is 0. The summed E-state index contributed by atoms with van der Waals surface area (Å²) in [5.41, 5.74) is 7.26. The van der Waals surface area contributed by atoms with Crippen LogP contribution in [0.2, 0.25) is 0 Å². The van der Waals surface area contributed by atoms with Crippen LogP contribution in [0.3, 0.4) is 0 Å². The summed E-state index contributed by atoms with van der Waals surface area (Å²) < 4.78 is 6.74. The van der Waals surface area contributed by atoms with Crippen LogP contribution in [0.25, 0.3) is 10.9 Å². The first-order valence-electron chi connectivity index (χ1n) is 6.26. The van der Waals surface area contributed by atoms with Crippen molar-refractivity contribution in [1.29, 1.82) is 0 Å². The fraction of sp³-hybridized carbons (Fsp3) is 0. The van der Waals surface area contributed by atoms with Crippen molar-refractivity contribution in [3.8, 4) is 11.5 Å². The summed E-state index contributed by atoms with van der Waals surface area (Å²) in [6, 6.07) is 15.3. The molecular weight excluding hydrogens is 348 g/mol. The van der Waals surface area contributed by atoms with Gasteiger partial charge in [-0.15, -0.1) is 0 Å². The molecule has 21 heavy (non-hydrogen) atoms. The third-order valence-electron chi connectivity index (χ3n) is 3.03. The number of fused-ring (bicyclic) bond motifs is 1. The Labute approximate surface area is 135 Å². The fourth-order valence-electron chi connectivity index (χ4n) is 2.04. The average Bonchev–Trinajstić information content (AvgIpc) is 2.47. The number of rotatable bonds is 3. The summed E-state index contributed by atoms with van der Waals surface area (Å²) in [6.07, 6.45) is 1.75. The summed E-state index contributed by atoms with van der Waals surface area (Å²) in [7, 11) is 0. The number of nitrogens with two attached hydrogens (primary N) is 1. The second kappa shape index (κ2) is 5.79. The first-order chi connectivity index (χ1) is 10.1. The summed E-state index contributed by atoms with van der Waals surface area (Å²) in [5, 5.41) is 1.04.